The van der Waals surface area contributed by atoms with Gasteiger partial charge in [-0.2, -0.15) is 0 Å². The normalized spacial score (nSPS) is 22.6. The van der Waals surface area contributed by atoms with Crippen LogP contribution in [0.2, 0.25) is 0 Å². The number of nitrogens with one attached hydrogen (secondary N) is 1. The highest BCUT2D eigenvalue weighted by Crippen LogP contribution is 2.31. The van der Waals surface area contributed by atoms with Crippen molar-refractivity contribution < 1.29 is 9.47 Å². The van der Waals surface area contributed by atoms with Gasteiger partial charge in [0.05, 0.1) is 0 Å². The second-order valence-electron chi connectivity index (χ2n) is 4.44. The Balaban J connectivity index is 1.73. The Morgan fingerprint density at radius 3 is 2.65 bits per heavy atom. The molecule has 0 bridgehead atoms. The lowest BCUT2D eigenvalue weighted by Crippen LogP contribution is -2.44. The van der Waals surface area contributed by atoms with Crippen LogP contribution in [-0.4, -0.2) is 36.5 Å². The van der Waals surface area contributed by atoms with Crippen molar-refractivity contribution in [3.8, 4) is 11.5 Å². The summed E-state index contributed by atoms with van der Waals surface area (Å²) in [6.07, 6.45) is 2.09. The van der Waals surface area contributed by atoms with Crippen LogP contribution in [0.1, 0.15) is 12.8 Å². The van der Waals surface area contributed by atoms with Crippen LogP contribution in [0.4, 0.5) is 0 Å². The molecule has 2 heterocycles. The molecule has 0 aromatic heterocycles. The zero-order chi connectivity index (χ0) is 11.7. The molecule has 1 aromatic carbocycles. The van der Waals surface area contributed by atoms with E-state index in [1.165, 1.54) is 12.8 Å². The predicted octanol–water partition coefficient (Wildman–Crippen LogP) is 1.90. The second-order valence-corrected chi connectivity index (χ2v) is 4.44. The summed E-state index contributed by atoms with van der Waals surface area (Å²) in [6, 6.07) is 7.63. The molecule has 4 heteroatoms. The van der Waals surface area contributed by atoms with Crippen LogP contribution in [0.15, 0.2) is 24.3 Å². The van der Waals surface area contributed by atoms with Crippen molar-refractivity contribution >= 4 is 5.84 Å². The number of ether oxygens (including phenoxy) is 2. The summed E-state index contributed by atoms with van der Waals surface area (Å²) in [4.78, 5) is 2.09. The number of para-hydroxylation sites is 2. The van der Waals surface area contributed by atoms with Crippen molar-refractivity contribution in [2.45, 2.75) is 18.9 Å². The van der Waals surface area contributed by atoms with Gasteiger partial charge in [-0.05, 0) is 25.0 Å². The fourth-order valence-corrected chi connectivity index (χ4v) is 2.32. The summed E-state index contributed by atoms with van der Waals surface area (Å²) in [5.74, 6) is 2.07. The Hall–Kier alpha value is -1.71. The standard InChI is InChI=1S/C13H16N2O2/c14-13(15-7-3-4-8-15)12-9-16-10-5-1-2-6-11(10)17-12/h1-2,5-6,12,14H,3-4,7-9H2. The van der Waals surface area contributed by atoms with Crippen molar-refractivity contribution in [2.75, 3.05) is 19.7 Å². The molecule has 4 nitrogen and oxygen atoms in total. The van der Waals surface area contributed by atoms with E-state index in [2.05, 4.69) is 4.90 Å². The molecule has 1 saturated heterocycles. The third kappa shape index (κ3) is 1.95. The van der Waals surface area contributed by atoms with Crippen LogP contribution in [0.25, 0.3) is 0 Å². The molecule has 3 rings (SSSR count). The van der Waals surface area contributed by atoms with E-state index in [9.17, 15) is 0 Å². The molecule has 90 valence electrons. The van der Waals surface area contributed by atoms with E-state index in [4.69, 9.17) is 14.9 Å². The number of amidine groups is 1. The molecule has 1 fully saturated rings. The minimum atomic E-state index is -0.261. The molecule has 0 spiro atoms. The summed E-state index contributed by atoms with van der Waals surface area (Å²) in [5.41, 5.74) is 0. The Bertz CT molecular complexity index is 427. The van der Waals surface area contributed by atoms with Gasteiger partial charge in [-0.15, -0.1) is 0 Å². The van der Waals surface area contributed by atoms with Gasteiger partial charge < -0.3 is 14.4 Å². The fraction of sp³-hybridized carbons (Fsp3) is 0.462. The SMILES string of the molecule is N=C(C1COc2ccccc2O1)N1CCCC1. The van der Waals surface area contributed by atoms with Gasteiger partial charge in [-0.1, -0.05) is 12.1 Å². The Kier molecular flexibility index (Phi) is 2.63. The molecule has 0 aliphatic carbocycles. The number of hydrogen-bond acceptors (Lipinski definition) is 3. The summed E-state index contributed by atoms with van der Waals surface area (Å²) in [7, 11) is 0. The number of benzene rings is 1. The molecule has 1 unspecified atom stereocenters. The molecule has 0 saturated carbocycles. The monoisotopic (exact) mass is 232 g/mol. The van der Waals surface area contributed by atoms with E-state index in [1.807, 2.05) is 24.3 Å². The predicted molar refractivity (Wildman–Crippen MR) is 64.9 cm³/mol. The highest BCUT2D eigenvalue weighted by Gasteiger charge is 2.29. The first-order valence-electron chi connectivity index (χ1n) is 6.06. The maximum atomic E-state index is 8.14. The lowest BCUT2D eigenvalue weighted by Gasteiger charge is -2.30. The van der Waals surface area contributed by atoms with Gasteiger partial charge in [-0.25, -0.2) is 0 Å². The smallest absolute Gasteiger partial charge is 0.189 e. The molecule has 2 aliphatic rings. The van der Waals surface area contributed by atoms with Gasteiger partial charge in [0.1, 0.15) is 12.4 Å². The highest BCUT2D eigenvalue weighted by atomic mass is 16.6. The van der Waals surface area contributed by atoms with Gasteiger partial charge in [0.15, 0.2) is 17.6 Å². The van der Waals surface area contributed by atoms with E-state index in [0.29, 0.717) is 12.4 Å². The molecule has 0 amide bonds. The van der Waals surface area contributed by atoms with Crippen molar-refractivity contribution in [3.63, 3.8) is 0 Å². The minimum Gasteiger partial charge on any atom is -0.485 e. The second kappa shape index (κ2) is 4.28. The van der Waals surface area contributed by atoms with Crippen LogP contribution >= 0.6 is 0 Å². The molecule has 2 aliphatic heterocycles. The Morgan fingerprint density at radius 1 is 1.18 bits per heavy atom. The summed E-state index contributed by atoms with van der Waals surface area (Å²) in [5, 5.41) is 8.14. The number of hydrogen-bond donors (Lipinski definition) is 1. The van der Waals surface area contributed by atoms with Crippen molar-refractivity contribution in [1.82, 2.24) is 4.90 Å². The van der Waals surface area contributed by atoms with Crippen LogP contribution in [0, 0.1) is 5.41 Å². The maximum Gasteiger partial charge on any atom is 0.189 e. The van der Waals surface area contributed by atoms with E-state index in [0.717, 1.165) is 24.6 Å². The summed E-state index contributed by atoms with van der Waals surface area (Å²) < 4.78 is 11.4. The molecule has 1 aromatic rings. The van der Waals surface area contributed by atoms with E-state index < -0.39 is 0 Å². The molecule has 1 N–H and O–H groups in total. The summed E-state index contributed by atoms with van der Waals surface area (Å²) >= 11 is 0. The first-order chi connectivity index (χ1) is 8.34. The number of rotatable bonds is 1. The topological polar surface area (TPSA) is 45.6 Å². The van der Waals surface area contributed by atoms with Crippen LogP contribution in [-0.2, 0) is 0 Å². The third-order valence-corrected chi connectivity index (χ3v) is 3.26. The van der Waals surface area contributed by atoms with E-state index in [-0.39, 0.29) is 6.10 Å². The minimum absolute atomic E-state index is 0.261. The number of nitrogens with zero attached hydrogens (tertiary/aromatic N) is 1. The van der Waals surface area contributed by atoms with Gasteiger partial charge in [-0.3, -0.25) is 5.41 Å². The molecule has 17 heavy (non-hydrogen) atoms. The average molecular weight is 232 g/mol. The van der Waals surface area contributed by atoms with Crippen LogP contribution in [0.3, 0.4) is 0 Å². The first kappa shape index (κ1) is 10.4. The zero-order valence-corrected chi connectivity index (χ0v) is 9.69. The molecular weight excluding hydrogens is 216 g/mol. The van der Waals surface area contributed by atoms with Crippen LogP contribution in [0.5, 0.6) is 11.5 Å². The van der Waals surface area contributed by atoms with Gasteiger partial charge >= 0.3 is 0 Å². The quantitative estimate of drug-likeness (QED) is 0.594. The summed E-state index contributed by atoms with van der Waals surface area (Å²) in [6.45, 7) is 2.38. The zero-order valence-electron chi connectivity index (χ0n) is 9.69. The maximum absolute atomic E-state index is 8.14. The first-order valence-corrected chi connectivity index (χ1v) is 6.06. The Labute approximate surface area is 101 Å². The van der Waals surface area contributed by atoms with Gasteiger partial charge in [0, 0.05) is 13.1 Å². The lowest BCUT2D eigenvalue weighted by molar-refractivity contribution is 0.125. The van der Waals surface area contributed by atoms with Crippen molar-refractivity contribution in [2.24, 2.45) is 0 Å². The average Bonchev–Trinajstić information content (AvgIpc) is 2.91. The Morgan fingerprint density at radius 2 is 1.88 bits per heavy atom. The molecule has 1 atom stereocenters. The molecular formula is C13H16N2O2. The lowest BCUT2D eigenvalue weighted by atomic mass is 10.2. The largest absolute Gasteiger partial charge is 0.485 e. The molecule has 0 radical (unpaired) electrons. The number of likely N-dealkylation sites (tertiary alicyclic amines) is 1. The highest BCUT2D eigenvalue weighted by molar-refractivity contribution is 5.84. The van der Waals surface area contributed by atoms with Crippen molar-refractivity contribution in [1.29, 1.82) is 5.41 Å². The number of fused-ring (bicyclic) bond motifs is 1. The van der Waals surface area contributed by atoms with Crippen LogP contribution < -0.4 is 9.47 Å². The van der Waals surface area contributed by atoms with E-state index >= 15 is 0 Å². The van der Waals surface area contributed by atoms with Gasteiger partial charge in [0.25, 0.3) is 0 Å². The third-order valence-electron chi connectivity index (χ3n) is 3.26. The fourth-order valence-electron chi connectivity index (χ4n) is 2.32. The van der Waals surface area contributed by atoms with E-state index in [1.54, 1.807) is 0 Å². The van der Waals surface area contributed by atoms with Gasteiger partial charge in [0.2, 0.25) is 0 Å². The van der Waals surface area contributed by atoms with Crippen molar-refractivity contribution in [3.05, 3.63) is 24.3 Å².